The van der Waals surface area contributed by atoms with Crippen molar-refractivity contribution in [2.24, 2.45) is 5.41 Å². The van der Waals surface area contributed by atoms with Crippen molar-refractivity contribution in [3.63, 3.8) is 0 Å². The third-order valence-electron chi connectivity index (χ3n) is 8.20. The molecule has 0 bridgehead atoms. The summed E-state index contributed by atoms with van der Waals surface area (Å²) in [6.07, 6.45) is 0.376. The van der Waals surface area contributed by atoms with Crippen LogP contribution in [-0.4, -0.2) is 55.4 Å². The predicted molar refractivity (Wildman–Crippen MR) is 170 cm³/mol. The number of nitriles is 1. The van der Waals surface area contributed by atoms with E-state index in [-0.39, 0.29) is 44.4 Å². The Morgan fingerprint density at radius 2 is 1.84 bits per heavy atom. The standard InChI is InChI=1S/C35H34Cl2F2N2O4/c1-34(2,3)18-30-35(20-40,25-14-12-22(36)17-27(25)38)31(24-9-6-10-26(37)32(24)39)28(19-42)41(30)15-7-8-21-11-13-23(33(43)45-5)29(16-21)44-4/h6,9-14,16-17,28,30-31,42H,15,18-19H2,1-5H3. The third-order valence-corrected chi connectivity index (χ3v) is 8.73. The van der Waals surface area contributed by atoms with E-state index in [0.29, 0.717) is 12.0 Å². The second-order valence-electron chi connectivity index (χ2n) is 12.1. The summed E-state index contributed by atoms with van der Waals surface area (Å²) in [7, 11) is 2.70. The molecular formula is C35H34Cl2F2N2O4. The average molecular weight is 656 g/mol. The molecule has 4 rings (SSSR count). The number of rotatable bonds is 7. The molecule has 1 heterocycles. The van der Waals surface area contributed by atoms with E-state index in [1.165, 1.54) is 38.5 Å². The van der Waals surface area contributed by atoms with Gasteiger partial charge in [0.25, 0.3) is 0 Å². The first-order valence-electron chi connectivity index (χ1n) is 14.3. The monoisotopic (exact) mass is 654 g/mol. The molecule has 0 saturated carbocycles. The van der Waals surface area contributed by atoms with Crippen LogP contribution in [-0.2, 0) is 10.2 Å². The van der Waals surface area contributed by atoms with Crippen LogP contribution in [0.4, 0.5) is 8.78 Å². The molecular weight excluding hydrogens is 621 g/mol. The Balaban J connectivity index is 1.93. The van der Waals surface area contributed by atoms with Crippen LogP contribution in [0.3, 0.4) is 0 Å². The molecule has 236 valence electrons. The summed E-state index contributed by atoms with van der Waals surface area (Å²) < 4.78 is 41.9. The maximum atomic E-state index is 15.9. The Hall–Kier alpha value is -3.66. The van der Waals surface area contributed by atoms with Crippen LogP contribution in [0.15, 0.2) is 54.6 Å². The lowest BCUT2D eigenvalue weighted by Crippen LogP contribution is -2.46. The quantitative estimate of drug-likeness (QED) is 0.215. The number of ether oxygens (including phenoxy) is 2. The normalized spacial score (nSPS) is 21.5. The molecule has 0 amide bonds. The highest BCUT2D eigenvalue weighted by molar-refractivity contribution is 6.31. The Labute approximate surface area is 272 Å². The maximum Gasteiger partial charge on any atom is 0.341 e. The number of benzene rings is 3. The molecule has 3 aromatic rings. The van der Waals surface area contributed by atoms with Crippen molar-refractivity contribution in [1.82, 2.24) is 4.90 Å². The highest BCUT2D eigenvalue weighted by Crippen LogP contribution is 2.56. The zero-order valence-corrected chi connectivity index (χ0v) is 27.1. The van der Waals surface area contributed by atoms with Gasteiger partial charge in [-0.2, -0.15) is 5.26 Å². The van der Waals surface area contributed by atoms with Crippen LogP contribution in [0.25, 0.3) is 0 Å². The van der Waals surface area contributed by atoms with Gasteiger partial charge in [0.05, 0.1) is 38.5 Å². The molecule has 1 aliphatic rings. The predicted octanol–water partition coefficient (Wildman–Crippen LogP) is 7.14. The molecule has 3 aromatic carbocycles. The fourth-order valence-corrected chi connectivity index (χ4v) is 6.70. The molecule has 4 unspecified atom stereocenters. The first kappa shape index (κ1) is 34.2. The molecule has 1 N–H and O–H groups in total. The molecule has 0 spiro atoms. The summed E-state index contributed by atoms with van der Waals surface area (Å²) in [5.74, 6) is 3.43. The second kappa shape index (κ2) is 13.8. The first-order valence-corrected chi connectivity index (χ1v) is 15.0. The molecule has 1 fully saturated rings. The van der Waals surface area contributed by atoms with Crippen LogP contribution in [0.2, 0.25) is 10.0 Å². The summed E-state index contributed by atoms with van der Waals surface area (Å²) in [6, 6.07) is 14.2. The summed E-state index contributed by atoms with van der Waals surface area (Å²) in [6.45, 7) is 5.55. The van der Waals surface area contributed by atoms with Crippen LogP contribution >= 0.6 is 23.2 Å². The Morgan fingerprint density at radius 1 is 1.11 bits per heavy atom. The number of carbonyl (C=O) groups is 1. The molecule has 0 radical (unpaired) electrons. The number of esters is 1. The van der Waals surface area contributed by atoms with E-state index in [1.807, 2.05) is 25.7 Å². The molecule has 45 heavy (non-hydrogen) atoms. The van der Waals surface area contributed by atoms with E-state index in [9.17, 15) is 15.2 Å². The number of hydrogen-bond donors (Lipinski definition) is 1. The van der Waals surface area contributed by atoms with Gasteiger partial charge in [0.2, 0.25) is 0 Å². The number of nitrogens with zero attached hydrogens (tertiary/aromatic N) is 2. The van der Waals surface area contributed by atoms with Crippen LogP contribution in [0, 0.1) is 40.2 Å². The number of halogens is 4. The topological polar surface area (TPSA) is 82.8 Å². The van der Waals surface area contributed by atoms with E-state index in [1.54, 1.807) is 24.3 Å². The molecule has 0 aromatic heterocycles. The van der Waals surface area contributed by atoms with Crippen molar-refractivity contribution in [2.75, 3.05) is 27.4 Å². The Bertz CT molecular complexity index is 1690. The first-order chi connectivity index (χ1) is 21.3. The molecule has 10 heteroatoms. The number of methoxy groups -OCH3 is 2. The minimum atomic E-state index is -1.67. The summed E-state index contributed by atoms with van der Waals surface area (Å²) in [5, 5.41) is 22.0. The zero-order chi connectivity index (χ0) is 33.1. The second-order valence-corrected chi connectivity index (χ2v) is 13.0. The number of likely N-dealkylation sites (tertiary alicyclic amines) is 1. The van der Waals surface area contributed by atoms with Gasteiger partial charge in [-0.05, 0) is 53.8 Å². The van der Waals surface area contributed by atoms with Crippen LogP contribution < -0.4 is 4.74 Å². The summed E-state index contributed by atoms with van der Waals surface area (Å²) >= 11 is 12.3. The maximum absolute atomic E-state index is 15.9. The van der Waals surface area contributed by atoms with Crippen LogP contribution in [0.5, 0.6) is 5.75 Å². The molecule has 0 aliphatic carbocycles. The number of aliphatic hydroxyl groups is 1. The van der Waals surface area contributed by atoms with Gasteiger partial charge in [0.1, 0.15) is 28.4 Å². The van der Waals surface area contributed by atoms with E-state index >= 15 is 8.78 Å². The largest absolute Gasteiger partial charge is 0.496 e. The van der Waals surface area contributed by atoms with Gasteiger partial charge >= 0.3 is 5.97 Å². The SMILES string of the molecule is COC(=O)c1ccc(C#CCN2C(CO)C(c3cccc(Cl)c3F)C(C#N)(c3ccc(Cl)cc3F)C2CC(C)(C)C)cc1OC. The molecule has 6 nitrogen and oxygen atoms in total. The van der Waals surface area contributed by atoms with E-state index < -0.39 is 47.6 Å². The highest BCUT2D eigenvalue weighted by atomic mass is 35.5. The summed E-state index contributed by atoms with van der Waals surface area (Å²) in [5.41, 5.74) is -1.13. The third kappa shape index (κ3) is 6.66. The average Bonchev–Trinajstić information content (AvgIpc) is 3.25. The van der Waals surface area contributed by atoms with Gasteiger partial charge in [0.15, 0.2) is 0 Å². The van der Waals surface area contributed by atoms with Gasteiger partial charge in [-0.15, -0.1) is 0 Å². The van der Waals surface area contributed by atoms with Crippen molar-refractivity contribution in [1.29, 1.82) is 5.26 Å². The van der Waals surface area contributed by atoms with Gasteiger partial charge in [-0.1, -0.05) is 74.0 Å². The van der Waals surface area contributed by atoms with Gasteiger partial charge in [-0.25, -0.2) is 13.6 Å². The fourth-order valence-electron chi connectivity index (χ4n) is 6.36. The Morgan fingerprint density at radius 3 is 2.44 bits per heavy atom. The number of hydrogen-bond acceptors (Lipinski definition) is 6. The van der Waals surface area contributed by atoms with E-state index in [2.05, 4.69) is 17.9 Å². The van der Waals surface area contributed by atoms with Gasteiger partial charge < -0.3 is 14.6 Å². The van der Waals surface area contributed by atoms with E-state index in [4.69, 9.17) is 32.7 Å². The number of carbonyl (C=O) groups excluding carboxylic acids is 1. The van der Waals surface area contributed by atoms with Gasteiger partial charge in [0, 0.05) is 34.2 Å². The molecule has 1 saturated heterocycles. The molecule has 1 aliphatic heterocycles. The van der Waals surface area contributed by atoms with Crippen molar-refractivity contribution in [3.05, 3.63) is 98.5 Å². The van der Waals surface area contributed by atoms with Crippen molar-refractivity contribution in [3.8, 4) is 23.7 Å². The molecule has 4 atom stereocenters. The minimum Gasteiger partial charge on any atom is -0.496 e. The summed E-state index contributed by atoms with van der Waals surface area (Å²) in [4.78, 5) is 14.0. The minimum absolute atomic E-state index is 0.0460. The van der Waals surface area contributed by atoms with Gasteiger partial charge in [-0.3, -0.25) is 4.90 Å². The lowest BCUT2D eigenvalue weighted by molar-refractivity contribution is 0.0597. The smallest absolute Gasteiger partial charge is 0.341 e. The van der Waals surface area contributed by atoms with E-state index in [0.717, 1.165) is 6.07 Å². The van der Waals surface area contributed by atoms with Crippen molar-refractivity contribution >= 4 is 29.2 Å². The van der Waals surface area contributed by atoms with Crippen LogP contribution in [0.1, 0.15) is 60.2 Å². The highest BCUT2D eigenvalue weighted by Gasteiger charge is 2.62. The number of aliphatic hydroxyl groups excluding tert-OH is 1. The van der Waals surface area contributed by atoms with Crippen molar-refractivity contribution < 1.29 is 28.2 Å². The Kier molecular flexibility index (Phi) is 10.5. The lowest BCUT2D eigenvalue weighted by Gasteiger charge is -2.39. The van der Waals surface area contributed by atoms with Crippen molar-refractivity contribution in [2.45, 2.75) is 50.6 Å². The fraction of sp³-hybridized carbons (Fsp3) is 0.371. The zero-order valence-electron chi connectivity index (χ0n) is 25.6. The lowest BCUT2D eigenvalue weighted by atomic mass is 9.62.